The van der Waals surface area contributed by atoms with Crippen molar-refractivity contribution in [1.29, 1.82) is 0 Å². The Kier molecular flexibility index (Phi) is 4.20. The van der Waals surface area contributed by atoms with E-state index in [0.717, 1.165) is 37.3 Å². The molecule has 1 unspecified atom stereocenters. The minimum Gasteiger partial charge on any atom is -0.493 e. The zero-order valence-electron chi connectivity index (χ0n) is 12.7. The Hall–Kier alpha value is -1.87. The highest BCUT2D eigenvalue weighted by Crippen LogP contribution is 2.27. The molecular formula is C18H22N2O. The fourth-order valence-corrected chi connectivity index (χ4v) is 3.03. The highest BCUT2D eigenvalue weighted by Gasteiger charge is 2.15. The zero-order valence-corrected chi connectivity index (χ0v) is 12.7. The molecule has 0 bridgehead atoms. The Balaban J connectivity index is 1.70. The van der Waals surface area contributed by atoms with Crippen LogP contribution in [0.2, 0.25) is 0 Å². The molecule has 0 amide bonds. The molecule has 0 aliphatic carbocycles. The van der Waals surface area contributed by atoms with E-state index in [1.165, 1.54) is 16.7 Å². The van der Waals surface area contributed by atoms with E-state index in [0.29, 0.717) is 6.04 Å². The SMILES string of the molecule is CNC(CCc1ccc2c(c1)CCO2)c1cccnc1C. The van der Waals surface area contributed by atoms with E-state index < -0.39 is 0 Å². The van der Waals surface area contributed by atoms with Crippen molar-refractivity contribution in [3.8, 4) is 5.75 Å². The van der Waals surface area contributed by atoms with Gasteiger partial charge in [-0.3, -0.25) is 4.98 Å². The number of nitrogens with one attached hydrogen (secondary N) is 1. The van der Waals surface area contributed by atoms with Gasteiger partial charge in [0.25, 0.3) is 0 Å². The van der Waals surface area contributed by atoms with Gasteiger partial charge in [-0.05, 0) is 55.6 Å². The van der Waals surface area contributed by atoms with Crippen molar-refractivity contribution >= 4 is 0 Å². The van der Waals surface area contributed by atoms with E-state index in [4.69, 9.17) is 4.74 Å². The van der Waals surface area contributed by atoms with Gasteiger partial charge in [-0.2, -0.15) is 0 Å². The predicted molar refractivity (Wildman–Crippen MR) is 84.7 cm³/mol. The lowest BCUT2D eigenvalue weighted by molar-refractivity contribution is 0.357. The second kappa shape index (κ2) is 6.27. The highest BCUT2D eigenvalue weighted by atomic mass is 16.5. The van der Waals surface area contributed by atoms with Gasteiger partial charge in [0.15, 0.2) is 0 Å². The van der Waals surface area contributed by atoms with Gasteiger partial charge in [0.2, 0.25) is 0 Å². The molecule has 1 aromatic heterocycles. The molecule has 1 N–H and O–H groups in total. The van der Waals surface area contributed by atoms with E-state index in [1.54, 1.807) is 0 Å². The van der Waals surface area contributed by atoms with Crippen molar-refractivity contribution in [1.82, 2.24) is 10.3 Å². The molecular weight excluding hydrogens is 260 g/mol. The summed E-state index contributed by atoms with van der Waals surface area (Å²) in [6.07, 6.45) is 5.03. The number of ether oxygens (including phenoxy) is 1. The number of pyridine rings is 1. The summed E-state index contributed by atoms with van der Waals surface area (Å²) in [5.74, 6) is 1.06. The Labute approximate surface area is 126 Å². The Morgan fingerprint density at radius 3 is 3.05 bits per heavy atom. The van der Waals surface area contributed by atoms with Crippen molar-refractivity contribution in [2.75, 3.05) is 13.7 Å². The number of rotatable bonds is 5. The monoisotopic (exact) mass is 282 g/mol. The smallest absolute Gasteiger partial charge is 0.122 e. The summed E-state index contributed by atoms with van der Waals surface area (Å²) in [7, 11) is 2.02. The molecule has 1 aliphatic heterocycles. The number of fused-ring (bicyclic) bond motifs is 1. The molecule has 1 atom stereocenters. The average molecular weight is 282 g/mol. The van der Waals surface area contributed by atoms with E-state index in [1.807, 2.05) is 19.3 Å². The lowest BCUT2D eigenvalue weighted by Crippen LogP contribution is -2.18. The molecule has 1 aromatic carbocycles. The first kappa shape index (κ1) is 14.1. The first-order valence-electron chi connectivity index (χ1n) is 7.61. The van der Waals surface area contributed by atoms with Crippen LogP contribution in [0.15, 0.2) is 36.5 Å². The summed E-state index contributed by atoms with van der Waals surface area (Å²) < 4.78 is 5.56. The third-order valence-corrected chi connectivity index (χ3v) is 4.25. The molecule has 1 aliphatic rings. The zero-order chi connectivity index (χ0) is 14.7. The lowest BCUT2D eigenvalue weighted by atomic mass is 9.97. The third kappa shape index (κ3) is 3.08. The summed E-state index contributed by atoms with van der Waals surface area (Å²) >= 11 is 0. The average Bonchev–Trinajstić information content (AvgIpc) is 2.97. The Morgan fingerprint density at radius 2 is 2.24 bits per heavy atom. The maximum absolute atomic E-state index is 5.56. The maximum Gasteiger partial charge on any atom is 0.122 e. The van der Waals surface area contributed by atoms with Crippen LogP contribution in [0.3, 0.4) is 0 Å². The molecule has 3 rings (SSSR count). The van der Waals surface area contributed by atoms with Crippen LogP contribution in [0.5, 0.6) is 5.75 Å². The predicted octanol–water partition coefficient (Wildman–Crippen LogP) is 3.22. The highest BCUT2D eigenvalue weighted by molar-refractivity contribution is 5.40. The normalized spacial score (nSPS) is 14.6. The first-order chi connectivity index (χ1) is 10.3. The third-order valence-electron chi connectivity index (χ3n) is 4.25. The molecule has 0 radical (unpaired) electrons. The minimum atomic E-state index is 0.350. The van der Waals surface area contributed by atoms with Crippen LogP contribution < -0.4 is 10.1 Å². The quantitative estimate of drug-likeness (QED) is 0.914. The van der Waals surface area contributed by atoms with E-state index in [9.17, 15) is 0 Å². The second-order valence-corrected chi connectivity index (χ2v) is 5.60. The molecule has 0 fully saturated rings. The van der Waals surface area contributed by atoms with Gasteiger partial charge < -0.3 is 10.1 Å². The van der Waals surface area contributed by atoms with Gasteiger partial charge in [-0.25, -0.2) is 0 Å². The van der Waals surface area contributed by atoms with Gasteiger partial charge in [-0.15, -0.1) is 0 Å². The van der Waals surface area contributed by atoms with Crippen molar-refractivity contribution in [2.45, 2.75) is 32.2 Å². The molecule has 21 heavy (non-hydrogen) atoms. The van der Waals surface area contributed by atoms with Gasteiger partial charge >= 0.3 is 0 Å². The largest absolute Gasteiger partial charge is 0.493 e. The van der Waals surface area contributed by atoms with Crippen molar-refractivity contribution in [3.05, 3.63) is 58.9 Å². The van der Waals surface area contributed by atoms with Crippen molar-refractivity contribution in [2.24, 2.45) is 0 Å². The second-order valence-electron chi connectivity index (χ2n) is 5.60. The van der Waals surface area contributed by atoms with E-state index >= 15 is 0 Å². The van der Waals surface area contributed by atoms with Crippen LogP contribution in [0, 0.1) is 6.92 Å². The summed E-state index contributed by atoms with van der Waals surface area (Å²) in [5, 5.41) is 3.42. The fraction of sp³-hybridized carbons (Fsp3) is 0.389. The molecule has 0 spiro atoms. The summed E-state index contributed by atoms with van der Waals surface area (Å²) in [5.41, 5.74) is 5.15. The molecule has 3 nitrogen and oxygen atoms in total. The molecule has 110 valence electrons. The minimum absolute atomic E-state index is 0.350. The summed E-state index contributed by atoms with van der Waals surface area (Å²) in [6.45, 7) is 2.90. The lowest BCUT2D eigenvalue weighted by Gasteiger charge is -2.18. The van der Waals surface area contributed by atoms with Gasteiger partial charge in [-0.1, -0.05) is 18.2 Å². The van der Waals surface area contributed by atoms with E-state index in [2.05, 4.69) is 41.5 Å². The Bertz CT molecular complexity index is 624. The number of nitrogens with zero attached hydrogens (tertiary/aromatic N) is 1. The molecule has 0 saturated carbocycles. The molecule has 0 saturated heterocycles. The van der Waals surface area contributed by atoms with Crippen molar-refractivity contribution in [3.63, 3.8) is 0 Å². The van der Waals surface area contributed by atoms with Crippen LogP contribution >= 0.6 is 0 Å². The number of hydrogen-bond acceptors (Lipinski definition) is 3. The number of benzene rings is 1. The van der Waals surface area contributed by atoms with Gasteiger partial charge in [0, 0.05) is 24.4 Å². The van der Waals surface area contributed by atoms with Crippen LogP contribution in [0.1, 0.15) is 34.8 Å². The Morgan fingerprint density at radius 1 is 1.33 bits per heavy atom. The fourth-order valence-electron chi connectivity index (χ4n) is 3.03. The first-order valence-corrected chi connectivity index (χ1v) is 7.61. The number of aromatic nitrogens is 1. The van der Waals surface area contributed by atoms with E-state index in [-0.39, 0.29) is 0 Å². The van der Waals surface area contributed by atoms with Crippen LogP contribution in [-0.2, 0) is 12.8 Å². The van der Waals surface area contributed by atoms with Gasteiger partial charge in [0.1, 0.15) is 5.75 Å². The summed E-state index contributed by atoms with van der Waals surface area (Å²) in [4.78, 5) is 4.39. The van der Waals surface area contributed by atoms with Crippen LogP contribution in [-0.4, -0.2) is 18.6 Å². The molecule has 3 heteroatoms. The number of hydrogen-bond donors (Lipinski definition) is 1. The van der Waals surface area contributed by atoms with Crippen LogP contribution in [0.4, 0.5) is 0 Å². The van der Waals surface area contributed by atoms with Crippen molar-refractivity contribution < 1.29 is 4.74 Å². The topological polar surface area (TPSA) is 34.1 Å². The summed E-state index contributed by atoms with van der Waals surface area (Å²) in [6, 6.07) is 11.1. The van der Waals surface area contributed by atoms with Crippen LogP contribution in [0.25, 0.3) is 0 Å². The molecule has 2 heterocycles. The van der Waals surface area contributed by atoms with Gasteiger partial charge in [0.05, 0.1) is 6.61 Å². The molecule has 2 aromatic rings. The standard InChI is InChI=1S/C18H22N2O/c1-13-16(4-3-10-20-13)17(19-2)7-5-14-6-8-18-15(12-14)9-11-21-18/h3-4,6,8,10,12,17,19H,5,7,9,11H2,1-2H3. The number of aryl methyl sites for hydroxylation is 2. The maximum atomic E-state index is 5.56.